The van der Waals surface area contributed by atoms with Gasteiger partial charge >= 0.3 is 0 Å². The average molecular weight is 315 g/mol. The summed E-state index contributed by atoms with van der Waals surface area (Å²) in [7, 11) is 3.28. The fourth-order valence-electron chi connectivity index (χ4n) is 3.19. The number of carbonyl (C=O) groups is 1. The van der Waals surface area contributed by atoms with Crippen molar-refractivity contribution in [2.75, 3.05) is 20.8 Å². The van der Waals surface area contributed by atoms with Crippen molar-refractivity contribution >= 4 is 5.91 Å². The molecule has 3 rings (SSSR count). The molecule has 0 radical (unpaired) electrons. The molecule has 0 bridgehead atoms. The summed E-state index contributed by atoms with van der Waals surface area (Å²) >= 11 is 0. The number of carbonyl (C=O) groups excluding carboxylic acids is 1. The van der Waals surface area contributed by atoms with Gasteiger partial charge in [-0.2, -0.15) is 0 Å². The molecule has 122 valence electrons. The molecule has 0 aliphatic carbocycles. The first kappa shape index (κ1) is 15.5. The number of amides is 1. The fraction of sp³-hybridized carbons (Fsp3) is 0.389. The lowest BCUT2D eigenvalue weighted by molar-refractivity contribution is 0.0732. The van der Waals surface area contributed by atoms with Crippen LogP contribution in [0.2, 0.25) is 0 Å². The van der Waals surface area contributed by atoms with Crippen molar-refractivity contribution in [3.63, 3.8) is 0 Å². The molecule has 0 N–H and O–H groups in total. The molecule has 2 aromatic rings. The maximum Gasteiger partial charge on any atom is 0.257 e. The lowest BCUT2D eigenvalue weighted by Gasteiger charge is -2.26. The van der Waals surface area contributed by atoms with E-state index in [1.165, 1.54) is 0 Å². The minimum atomic E-state index is -0.0122. The molecule has 23 heavy (non-hydrogen) atoms. The van der Waals surface area contributed by atoms with Crippen molar-refractivity contribution in [3.8, 4) is 11.5 Å². The van der Waals surface area contributed by atoms with Crippen LogP contribution in [0.25, 0.3) is 0 Å². The summed E-state index contributed by atoms with van der Waals surface area (Å²) < 4.78 is 16.1. The highest BCUT2D eigenvalue weighted by molar-refractivity contribution is 5.95. The number of benzene rings is 1. The molecule has 1 aromatic heterocycles. The monoisotopic (exact) mass is 315 g/mol. The molecular formula is C18H21NO4. The van der Waals surface area contributed by atoms with Crippen LogP contribution in [0, 0.1) is 6.92 Å². The van der Waals surface area contributed by atoms with Gasteiger partial charge < -0.3 is 18.8 Å². The van der Waals surface area contributed by atoms with Gasteiger partial charge in [-0.3, -0.25) is 4.79 Å². The molecule has 0 spiro atoms. The van der Waals surface area contributed by atoms with E-state index >= 15 is 0 Å². The minimum Gasteiger partial charge on any atom is -0.497 e. The zero-order valence-corrected chi connectivity index (χ0v) is 13.7. The van der Waals surface area contributed by atoms with Crippen LogP contribution in [0.4, 0.5) is 0 Å². The van der Waals surface area contributed by atoms with E-state index in [0.29, 0.717) is 11.3 Å². The van der Waals surface area contributed by atoms with Crippen LogP contribution in [0.3, 0.4) is 0 Å². The molecular weight excluding hydrogens is 294 g/mol. The second kappa shape index (κ2) is 6.36. The summed E-state index contributed by atoms with van der Waals surface area (Å²) in [6, 6.07) is 7.43. The van der Waals surface area contributed by atoms with E-state index in [-0.39, 0.29) is 11.9 Å². The zero-order valence-electron chi connectivity index (χ0n) is 13.7. The number of aryl methyl sites for hydroxylation is 1. The zero-order chi connectivity index (χ0) is 16.4. The molecule has 1 fully saturated rings. The van der Waals surface area contributed by atoms with Crippen molar-refractivity contribution < 1.29 is 18.7 Å². The molecule has 1 unspecified atom stereocenters. The Balaban J connectivity index is 1.96. The van der Waals surface area contributed by atoms with Gasteiger partial charge in [-0.15, -0.1) is 0 Å². The molecule has 1 aromatic carbocycles. The van der Waals surface area contributed by atoms with Gasteiger partial charge in [0.05, 0.1) is 32.1 Å². The van der Waals surface area contributed by atoms with E-state index in [0.717, 1.165) is 36.4 Å². The smallest absolute Gasteiger partial charge is 0.257 e. The lowest BCUT2D eigenvalue weighted by Crippen LogP contribution is -2.30. The number of likely N-dealkylation sites (tertiary alicyclic amines) is 1. The maximum absolute atomic E-state index is 12.9. The molecule has 1 aliphatic heterocycles. The van der Waals surface area contributed by atoms with Crippen molar-refractivity contribution in [3.05, 3.63) is 47.4 Å². The predicted molar refractivity (Wildman–Crippen MR) is 86.0 cm³/mol. The van der Waals surface area contributed by atoms with E-state index < -0.39 is 0 Å². The SMILES string of the molecule is COc1ccc(OC)c(C2CCCN2C(=O)c2ccoc2C)c1. The predicted octanol–water partition coefficient (Wildman–Crippen LogP) is 3.58. The van der Waals surface area contributed by atoms with E-state index in [1.807, 2.05) is 30.0 Å². The third kappa shape index (κ3) is 2.79. The van der Waals surface area contributed by atoms with Crippen molar-refractivity contribution in [2.45, 2.75) is 25.8 Å². The van der Waals surface area contributed by atoms with Crippen LogP contribution in [0.15, 0.2) is 34.9 Å². The summed E-state index contributed by atoms with van der Waals surface area (Å²) in [5.41, 5.74) is 1.61. The highest BCUT2D eigenvalue weighted by atomic mass is 16.5. The van der Waals surface area contributed by atoms with Crippen LogP contribution >= 0.6 is 0 Å². The fourth-order valence-corrected chi connectivity index (χ4v) is 3.19. The molecule has 2 heterocycles. The standard InChI is InChI=1S/C18H21NO4/c1-12-14(8-10-23-12)18(20)19-9-4-5-16(19)15-11-13(21-2)6-7-17(15)22-3/h6-8,10-11,16H,4-5,9H2,1-3H3. The van der Waals surface area contributed by atoms with Crippen LogP contribution in [-0.2, 0) is 0 Å². The number of rotatable bonds is 4. The van der Waals surface area contributed by atoms with Gasteiger partial charge in [0, 0.05) is 12.1 Å². The van der Waals surface area contributed by atoms with Crippen molar-refractivity contribution in [1.29, 1.82) is 0 Å². The largest absolute Gasteiger partial charge is 0.497 e. The van der Waals surface area contributed by atoms with E-state index in [1.54, 1.807) is 26.5 Å². The number of ether oxygens (including phenoxy) is 2. The summed E-state index contributed by atoms with van der Waals surface area (Å²) in [4.78, 5) is 14.8. The van der Waals surface area contributed by atoms with Gasteiger partial charge in [0.1, 0.15) is 17.3 Å². The third-order valence-corrected chi connectivity index (χ3v) is 4.40. The van der Waals surface area contributed by atoms with Crippen molar-refractivity contribution in [2.24, 2.45) is 0 Å². The number of nitrogens with zero attached hydrogens (tertiary/aromatic N) is 1. The number of hydrogen-bond acceptors (Lipinski definition) is 4. The Kier molecular flexibility index (Phi) is 4.28. The number of hydrogen-bond donors (Lipinski definition) is 0. The van der Waals surface area contributed by atoms with Gasteiger partial charge in [-0.1, -0.05) is 0 Å². The molecule has 5 heteroatoms. The van der Waals surface area contributed by atoms with Gasteiger partial charge in [-0.05, 0) is 44.0 Å². The number of furan rings is 1. The highest BCUT2D eigenvalue weighted by Crippen LogP contribution is 2.39. The molecule has 1 atom stereocenters. The van der Waals surface area contributed by atoms with Gasteiger partial charge in [0.2, 0.25) is 0 Å². The number of methoxy groups -OCH3 is 2. The Morgan fingerprint density at radius 3 is 2.74 bits per heavy atom. The normalized spacial score (nSPS) is 17.3. The van der Waals surface area contributed by atoms with Crippen LogP contribution in [0.1, 0.15) is 40.6 Å². The van der Waals surface area contributed by atoms with Crippen LogP contribution in [0.5, 0.6) is 11.5 Å². The van der Waals surface area contributed by atoms with Crippen LogP contribution < -0.4 is 9.47 Å². The first-order chi connectivity index (χ1) is 11.2. The third-order valence-electron chi connectivity index (χ3n) is 4.40. The first-order valence-corrected chi connectivity index (χ1v) is 7.72. The molecule has 1 amide bonds. The van der Waals surface area contributed by atoms with Gasteiger partial charge in [0.15, 0.2) is 0 Å². The molecule has 5 nitrogen and oxygen atoms in total. The Labute approximate surface area is 135 Å². The van der Waals surface area contributed by atoms with E-state index in [4.69, 9.17) is 13.9 Å². The molecule has 1 aliphatic rings. The topological polar surface area (TPSA) is 51.9 Å². The summed E-state index contributed by atoms with van der Waals surface area (Å²) in [5.74, 6) is 2.20. The lowest BCUT2D eigenvalue weighted by atomic mass is 10.0. The average Bonchev–Trinajstić information content (AvgIpc) is 3.22. The Morgan fingerprint density at radius 1 is 1.26 bits per heavy atom. The highest BCUT2D eigenvalue weighted by Gasteiger charge is 2.33. The van der Waals surface area contributed by atoms with Crippen molar-refractivity contribution in [1.82, 2.24) is 4.90 Å². The quantitative estimate of drug-likeness (QED) is 0.865. The second-order valence-corrected chi connectivity index (χ2v) is 5.65. The molecule has 0 saturated carbocycles. The maximum atomic E-state index is 12.9. The Morgan fingerprint density at radius 2 is 2.09 bits per heavy atom. The van der Waals surface area contributed by atoms with E-state index in [2.05, 4.69) is 0 Å². The summed E-state index contributed by atoms with van der Waals surface area (Å²) in [6.45, 7) is 2.54. The van der Waals surface area contributed by atoms with E-state index in [9.17, 15) is 4.79 Å². The first-order valence-electron chi connectivity index (χ1n) is 7.72. The van der Waals surface area contributed by atoms with Gasteiger partial charge in [0.25, 0.3) is 5.91 Å². The summed E-state index contributed by atoms with van der Waals surface area (Å²) in [5, 5.41) is 0. The Hall–Kier alpha value is -2.43. The Bertz CT molecular complexity index is 707. The molecule has 1 saturated heterocycles. The minimum absolute atomic E-state index is 0.00335. The van der Waals surface area contributed by atoms with Gasteiger partial charge in [-0.25, -0.2) is 0 Å². The summed E-state index contributed by atoms with van der Waals surface area (Å²) in [6.07, 6.45) is 3.43. The second-order valence-electron chi connectivity index (χ2n) is 5.65. The van der Waals surface area contributed by atoms with Crippen LogP contribution in [-0.4, -0.2) is 31.6 Å².